The Kier molecular flexibility index (Phi) is 4.24. The number of ether oxygens (including phenoxy) is 1. The first-order valence-electron chi connectivity index (χ1n) is 5.92. The number of aromatic nitrogens is 1. The third kappa shape index (κ3) is 3.37. The zero-order chi connectivity index (χ0) is 15.6. The molecule has 3 N–H and O–H groups in total. The van der Waals surface area contributed by atoms with Gasteiger partial charge in [0.15, 0.2) is 5.15 Å². The Morgan fingerprint density at radius 2 is 2.05 bits per heavy atom. The maximum Gasteiger partial charge on any atom is 0.262 e. The summed E-state index contributed by atoms with van der Waals surface area (Å²) in [7, 11) is -2.40. The molecule has 1 aromatic heterocycles. The Labute approximate surface area is 128 Å². The quantitative estimate of drug-likeness (QED) is 0.664. The van der Waals surface area contributed by atoms with Crippen LogP contribution in [0.1, 0.15) is 5.56 Å². The number of nitrogens with two attached hydrogens (primary N) is 1. The van der Waals surface area contributed by atoms with Gasteiger partial charge in [-0.3, -0.25) is 4.72 Å². The van der Waals surface area contributed by atoms with E-state index in [1.165, 1.54) is 25.3 Å². The fourth-order valence-corrected chi connectivity index (χ4v) is 2.97. The minimum absolute atomic E-state index is 0.0196. The summed E-state index contributed by atoms with van der Waals surface area (Å²) in [5, 5.41) is 0.0755. The van der Waals surface area contributed by atoms with Gasteiger partial charge in [0, 0.05) is 12.3 Å². The van der Waals surface area contributed by atoms with Crippen molar-refractivity contribution in [3.63, 3.8) is 0 Å². The van der Waals surface area contributed by atoms with Crippen LogP contribution < -0.4 is 15.2 Å². The van der Waals surface area contributed by atoms with Crippen LogP contribution in [0.2, 0.25) is 5.15 Å². The molecule has 0 bridgehead atoms. The highest BCUT2D eigenvalue weighted by atomic mass is 35.5. The molecule has 0 spiro atoms. The van der Waals surface area contributed by atoms with Crippen LogP contribution in [0, 0.1) is 6.92 Å². The number of nitrogen functional groups attached to an aromatic ring is 1. The molecule has 0 saturated heterocycles. The lowest BCUT2D eigenvalue weighted by molar-refractivity contribution is 0.415. The Morgan fingerprint density at radius 3 is 2.71 bits per heavy atom. The number of sulfonamides is 1. The van der Waals surface area contributed by atoms with Gasteiger partial charge in [-0.2, -0.15) is 0 Å². The van der Waals surface area contributed by atoms with Crippen LogP contribution in [0.3, 0.4) is 0 Å². The average molecular weight is 328 g/mol. The molecule has 0 aliphatic rings. The first-order valence-corrected chi connectivity index (χ1v) is 7.78. The minimum Gasteiger partial charge on any atom is -0.495 e. The molecule has 0 radical (unpaired) electrons. The van der Waals surface area contributed by atoms with Gasteiger partial charge in [-0.05, 0) is 30.7 Å². The van der Waals surface area contributed by atoms with Gasteiger partial charge in [0.1, 0.15) is 5.75 Å². The third-order valence-electron chi connectivity index (χ3n) is 2.74. The SMILES string of the molecule is COc1cc(S(=O)(=O)Nc2cc(C)cnc2Cl)ccc1N. The zero-order valence-electron chi connectivity index (χ0n) is 11.4. The highest BCUT2D eigenvalue weighted by molar-refractivity contribution is 7.92. The van der Waals surface area contributed by atoms with Crippen LogP contribution >= 0.6 is 11.6 Å². The van der Waals surface area contributed by atoms with E-state index in [9.17, 15) is 8.42 Å². The molecule has 0 atom stereocenters. The van der Waals surface area contributed by atoms with Gasteiger partial charge < -0.3 is 10.5 Å². The molecule has 0 fully saturated rings. The van der Waals surface area contributed by atoms with Crippen LogP contribution in [-0.4, -0.2) is 20.5 Å². The number of nitrogens with zero attached hydrogens (tertiary/aromatic N) is 1. The molecule has 8 heteroatoms. The van der Waals surface area contributed by atoms with Gasteiger partial charge in [-0.15, -0.1) is 0 Å². The molecule has 112 valence electrons. The molecule has 21 heavy (non-hydrogen) atoms. The highest BCUT2D eigenvalue weighted by Crippen LogP contribution is 2.27. The van der Waals surface area contributed by atoms with E-state index >= 15 is 0 Å². The lowest BCUT2D eigenvalue weighted by Crippen LogP contribution is -2.14. The zero-order valence-corrected chi connectivity index (χ0v) is 13.0. The summed E-state index contributed by atoms with van der Waals surface area (Å²) in [5.74, 6) is 0.284. The largest absolute Gasteiger partial charge is 0.495 e. The molecule has 0 unspecified atom stereocenters. The lowest BCUT2D eigenvalue weighted by atomic mass is 10.3. The Bertz CT molecular complexity index is 778. The molecule has 1 aromatic carbocycles. The fourth-order valence-electron chi connectivity index (χ4n) is 1.69. The van der Waals surface area contributed by atoms with Crippen molar-refractivity contribution in [1.29, 1.82) is 0 Å². The summed E-state index contributed by atoms with van der Waals surface area (Å²) >= 11 is 5.89. The van der Waals surface area contributed by atoms with Crippen molar-refractivity contribution in [2.75, 3.05) is 17.6 Å². The van der Waals surface area contributed by atoms with Crippen molar-refractivity contribution in [2.24, 2.45) is 0 Å². The normalized spacial score (nSPS) is 11.2. The van der Waals surface area contributed by atoms with Crippen molar-refractivity contribution >= 4 is 33.0 Å². The van der Waals surface area contributed by atoms with Crippen molar-refractivity contribution < 1.29 is 13.2 Å². The second-order valence-corrected chi connectivity index (χ2v) is 6.40. The fraction of sp³-hybridized carbons (Fsp3) is 0.154. The summed E-state index contributed by atoms with van der Waals surface area (Å²) in [6.45, 7) is 1.79. The summed E-state index contributed by atoms with van der Waals surface area (Å²) in [4.78, 5) is 3.92. The Balaban J connectivity index is 2.41. The summed E-state index contributed by atoms with van der Waals surface area (Å²) in [5.41, 5.74) is 7.02. The number of rotatable bonds is 4. The van der Waals surface area contributed by atoms with Crippen LogP contribution in [-0.2, 0) is 10.0 Å². The Hall–Kier alpha value is -1.99. The van der Waals surface area contributed by atoms with Gasteiger partial charge in [0.05, 0.1) is 23.4 Å². The first-order chi connectivity index (χ1) is 9.83. The van der Waals surface area contributed by atoms with E-state index in [4.69, 9.17) is 22.1 Å². The molecule has 2 aromatic rings. The van der Waals surface area contributed by atoms with E-state index in [-0.39, 0.29) is 21.5 Å². The Morgan fingerprint density at radius 1 is 1.33 bits per heavy atom. The van der Waals surface area contributed by atoms with Gasteiger partial charge >= 0.3 is 0 Å². The predicted octanol–water partition coefficient (Wildman–Crippen LogP) is 2.44. The predicted molar refractivity (Wildman–Crippen MR) is 82.2 cm³/mol. The number of anilines is 2. The number of hydrogen-bond acceptors (Lipinski definition) is 5. The smallest absolute Gasteiger partial charge is 0.262 e. The molecular weight excluding hydrogens is 314 g/mol. The molecule has 0 saturated carbocycles. The topological polar surface area (TPSA) is 94.3 Å². The third-order valence-corrected chi connectivity index (χ3v) is 4.40. The van der Waals surface area contributed by atoms with Gasteiger partial charge in [-0.1, -0.05) is 11.6 Å². The first kappa shape index (κ1) is 15.4. The average Bonchev–Trinajstić information content (AvgIpc) is 2.43. The highest BCUT2D eigenvalue weighted by Gasteiger charge is 2.18. The number of pyridine rings is 1. The van der Waals surface area contributed by atoms with E-state index in [0.717, 1.165) is 5.56 Å². The van der Waals surface area contributed by atoms with E-state index in [2.05, 4.69) is 9.71 Å². The molecular formula is C13H14ClN3O3S. The van der Waals surface area contributed by atoms with Crippen molar-refractivity contribution in [2.45, 2.75) is 11.8 Å². The van der Waals surface area contributed by atoms with E-state index in [1.54, 1.807) is 19.2 Å². The number of benzene rings is 1. The molecule has 2 rings (SSSR count). The minimum atomic E-state index is -3.81. The molecule has 0 amide bonds. The van der Waals surface area contributed by atoms with Gasteiger partial charge in [0.25, 0.3) is 10.0 Å². The monoisotopic (exact) mass is 327 g/mol. The molecule has 0 aliphatic heterocycles. The van der Waals surface area contributed by atoms with E-state index < -0.39 is 10.0 Å². The maximum absolute atomic E-state index is 12.4. The second kappa shape index (κ2) is 5.79. The number of nitrogens with one attached hydrogen (secondary N) is 1. The summed E-state index contributed by atoms with van der Waals surface area (Å²) < 4.78 is 32.1. The lowest BCUT2D eigenvalue weighted by Gasteiger charge is -2.11. The van der Waals surface area contributed by atoms with Crippen molar-refractivity contribution in [3.05, 3.63) is 41.2 Å². The van der Waals surface area contributed by atoms with Gasteiger partial charge in [-0.25, -0.2) is 13.4 Å². The molecule has 1 heterocycles. The number of methoxy groups -OCH3 is 1. The van der Waals surface area contributed by atoms with Crippen LogP contribution in [0.4, 0.5) is 11.4 Å². The van der Waals surface area contributed by atoms with Gasteiger partial charge in [0.2, 0.25) is 0 Å². The summed E-state index contributed by atoms with van der Waals surface area (Å²) in [6, 6.07) is 5.79. The molecule has 0 aliphatic carbocycles. The number of hydrogen-bond donors (Lipinski definition) is 2. The van der Waals surface area contributed by atoms with Crippen molar-refractivity contribution in [3.8, 4) is 5.75 Å². The number of halogens is 1. The van der Waals surface area contributed by atoms with E-state index in [0.29, 0.717) is 5.69 Å². The van der Waals surface area contributed by atoms with Crippen LogP contribution in [0.25, 0.3) is 0 Å². The standard InChI is InChI=1S/C13H14ClN3O3S/c1-8-5-11(13(14)16-7-8)17-21(18,19)9-3-4-10(15)12(6-9)20-2/h3-7,17H,15H2,1-2H3. The maximum atomic E-state index is 12.4. The van der Waals surface area contributed by atoms with Crippen LogP contribution in [0.5, 0.6) is 5.75 Å². The summed E-state index contributed by atoms with van der Waals surface area (Å²) in [6.07, 6.45) is 1.55. The van der Waals surface area contributed by atoms with Crippen molar-refractivity contribution in [1.82, 2.24) is 4.98 Å². The van der Waals surface area contributed by atoms with Crippen LogP contribution in [0.15, 0.2) is 35.4 Å². The second-order valence-electron chi connectivity index (χ2n) is 4.36. The number of aryl methyl sites for hydroxylation is 1. The van der Waals surface area contributed by atoms with E-state index in [1.807, 2.05) is 0 Å². The molecule has 6 nitrogen and oxygen atoms in total.